The van der Waals surface area contributed by atoms with Crippen molar-refractivity contribution in [2.24, 2.45) is 11.8 Å². The van der Waals surface area contributed by atoms with Crippen molar-refractivity contribution in [3.8, 4) is 5.75 Å². The molecule has 0 spiro atoms. The number of nitrogens with one attached hydrogen (secondary N) is 1. The molecule has 2 N–H and O–H groups in total. The van der Waals surface area contributed by atoms with Crippen molar-refractivity contribution in [1.29, 1.82) is 0 Å². The molecule has 1 aromatic rings. The number of piperidine rings is 1. The van der Waals surface area contributed by atoms with Gasteiger partial charge in [0.2, 0.25) is 0 Å². The third-order valence-electron chi connectivity index (χ3n) is 7.93. The molecule has 144 valence electrons. The predicted molar refractivity (Wildman–Crippen MR) is 108 cm³/mol. The summed E-state index contributed by atoms with van der Waals surface area (Å²) in [6.07, 6.45) is 9.58. The van der Waals surface area contributed by atoms with Gasteiger partial charge in [0.05, 0.1) is 0 Å². The summed E-state index contributed by atoms with van der Waals surface area (Å²) in [4.78, 5) is 2.57. The standard InChI is InChI=1S/C23H36N2O/c1-16-15-25(3)21-13-18-9-10-19(26)14-20(18)23(16,2)22(21)24-12-11-17-7-5-4-6-8-17/h9-10,14,16-17,21-22,24,26H,4-8,11-13,15H2,1-3H3. The fraction of sp³-hybridized carbons (Fsp3) is 0.739. The lowest BCUT2D eigenvalue weighted by molar-refractivity contribution is 0.0225. The maximum atomic E-state index is 10.1. The van der Waals surface area contributed by atoms with Gasteiger partial charge in [0.25, 0.3) is 0 Å². The van der Waals surface area contributed by atoms with Crippen LogP contribution in [-0.4, -0.2) is 42.2 Å². The number of hydrogen-bond donors (Lipinski definition) is 2. The Morgan fingerprint density at radius 3 is 2.77 bits per heavy atom. The summed E-state index contributed by atoms with van der Waals surface area (Å²) in [6.45, 7) is 7.10. The third kappa shape index (κ3) is 3.07. The summed E-state index contributed by atoms with van der Waals surface area (Å²) in [5, 5.41) is 14.1. The molecule has 1 heterocycles. The van der Waals surface area contributed by atoms with Crippen molar-refractivity contribution in [3.05, 3.63) is 29.3 Å². The maximum absolute atomic E-state index is 10.1. The minimum Gasteiger partial charge on any atom is -0.508 e. The third-order valence-corrected chi connectivity index (χ3v) is 7.93. The van der Waals surface area contributed by atoms with Gasteiger partial charge < -0.3 is 15.3 Å². The SMILES string of the molecule is CC1CN(C)C2Cc3ccc(O)cc3C1(C)C2NCCC1CCCCC1. The number of likely N-dealkylation sites (N-methyl/N-ethyl adjacent to an activating group) is 1. The lowest BCUT2D eigenvalue weighted by Gasteiger charge is -2.58. The fourth-order valence-electron chi connectivity index (χ4n) is 6.16. The summed E-state index contributed by atoms with van der Waals surface area (Å²) >= 11 is 0. The molecule has 1 aromatic carbocycles. The largest absolute Gasteiger partial charge is 0.508 e. The van der Waals surface area contributed by atoms with E-state index < -0.39 is 0 Å². The van der Waals surface area contributed by atoms with Gasteiger partial charge in [0, 0.05) is 24.0 Å². The zero-order valence-corrected chi connectivity index (χ0v) is 16.8. The molecule has 0 amide bonds. The first-order valence-corrected chi connectivity index (χ1v) is 10.8. The summed E-state index contributed by atoms with van der Waals surface area (Å²) in [7, 11) is 2.29. The molecule has 1 saturated heterocycles. The van der Waals surface area contributed by atoms with E-state index >= 15 is 0 Å². The van der Waals surface area contributed by atoms with E-state index in [1.54, 1.807) is 0 Å². The van der Waals surface area contributed by atoms with Crippen molar-refractivity contribution in [1.82, 2.24) is 10.2 Å². The highest BCUT2D eigenvalue weighted by Crippen LogP contribution is 2.48. The topological polar surface area (TPSA) is 35.5 Å². The Bertz CT molecular complexity index is 639. The van der Waals surface area contributed by atoms with Crippen LogP contribution in [0, 0.1) is 11.8 Å². The van der Waals surface area contributed by atoms with Gasteiger partial charge >= 0.3 is 0 Å². The number of likely N-dealkylation sites (tertiary alicyclic amines) is 1. The number of phenols is 1. The first-order chi connectivity index (χ1) is 12.5. The van der Waals surface area contributed by atoms with Gasteiger partial charge in [0.1, 0.15) is 5.75 Å². The first-order valence-electron chi connectivity index (χ1n) is 10.8. The number of benzene rings is 1. The normalized spacial score (nSPS) is 35.3. The van der Waals surface area contributed by atoms with Crippen LogP contribution >= 0.6 is 0 Å². The quantitative estimate of drug-likeness (QED) is 0.853. The highest BCUT2D eigenvalue weighted by Gasteiger charge is 2.53. The van der Waals surface area contributed by atoms with Crippen molar-refractivity contribution < 1.29 is 5.11 Å². The molecule has 2 bridgehead atoms. The maximum Gasteiger partial charge on any atom is 0.115 e. The second-order valence-electron chi connectivity index (χ2n) is 9.46. The molecule has 3 heteroatoms. The Morgan fingerprint density at radius 2 is 2.00 bits per heavy atom. The van der Waals surface area contributed by atoms with Gasteiger partial charge in [-0.2, -0.15) is 0 Å². The molecule has 26 heavy (non-hydrogen) atoms. The van der Waals surface area contributed by atoms with Crippen LogP contribution in [0.3, 0.4) is 0 Å². The van der Waals surface area contributed by atoms with Crippen molar-refractivity contribution in [2.75, 3.05) is 20.1 Å². The average molecular weight is 357 g/mol. The van der Waals surface area contributed by atoms with Crippen LogP contribution in [0.5, 0.6) is 5.75 Å². The molecule has 4 atom stereocenters. The van der Waals surface area contributed by atoms with Crippen molar-refractivity contribution in [2.45, 2.75) is 76.3 Å². The molecule has 3 nitrogen and oxygen atoms in total. The second-order valence-corrected chi connectivity index (χ2v) is 9.46. The predicted octanol–water partition coefficient (Wildman–Crippen LogP) is 4.08. The summed E-state index contributed by atoms with van der Waals surface area (Å²) < 4.78 is 0. The Labute approximate surface area is 159 Å². The molecule has 3 aliphatic rings. The van der Waals surface area contributed by atoms with E-state index in [4.69, 9.17) is 0 Å². The smallest absolute Gasteiger partial charge is 0.115 e. The van der Waals surface area contributed by atoms with E-state index in [1.807, 2.05) is 12.1 Å². The second kappa shape index (κ2) is 7.16. The molecular weight excluding hydrogens is 320 g/mol. The van der Waals surface area contributed by atoms with E-state index in [-0.39, 0.29) is 5.41 Å². The summed E-state index contributed by atoms with van der Waals surface area (Å²) in [5.41, 5.74) is 2.90. The molecular formula is C23H36N2O. The molecule has 2 fully saturated rings. The van der Waals surface area contributed by atoms with Gasteiger partial charge in [-0.25, -0.2) is 0 Å². The minimum absolute atomic E-state index is 0.0933. The van der Waals surface area contributed by atoms with Gasteiger partial charge in [-0.1, -0.05) is 52.0 Å². The van der Waals surface area contributed by atoms with Crippen molar-refractivity contribution in [3.63, 3.8) is 0 Å². The van der Waals surface area contributed by atoms with E-state index in [0.717, 1.165) is 25.4 Å². The molecule has 0 aromatic heterocycles. The van der Waals surface area contributed by atoms with Crippen LogP contribution in [0.15, 0.2) is 18.2 Å². The van der Waals surface area contributed by atoms with E-state index in [1.165, 1.54) is 49.7 Å². The van der Waals surface area contributed by atoms with Crippen LogP contribution in [0.4, 0.5) is 0 Å². The van der Waals surface area contributed by atoms with Crippen LogP contribution in [0.1, 0.15) is 63.5 Å². The lowest BCUT2D eigenvalue weighted by Crippen LogP contribution is -2.69. The number of hydrogen-bond acceptors (Lipinski definition) is 3. The Kier molecular flexibility index (Phi) is 5.04. The van der Waals surface area contributed by atoms with E-state index in [0.29, 0.717) is 23.8 Å². The minimum atomic E-state index is 0.0933. The van der Waals surface area contributed by atoms with Crippen molar-refractivity contribution >= 4 is 0 Å². The molecule has 1 saturated carbocycles. The van der Waals surface area contributed by atoms with Crippen LogP contribution in [0.2, 0.25) is 0 Å². The Balaban J connectivity index is 1.56. The fourth-order valence-corrected chi connectivity index (χ4v) is 6.16. The van der Waals surface area contributed by atoms with Gasteiger partial charge in [0.15, 0.2) is 0 Å². The van der Waals surface area contributed by atoms with E-state index in [2.05, 4.69) is 37.2 Å². The average Bonchev–Trinajstić information content (AvgIpc) is 2.63. The van der Waals surface area contributed by atoms with Crippen LogP contribution < -0.4 is 5.32 Å². The van der Waals surface area contributed by atoms with Crippen LogP contribution in [0.25, 0.3) is 0 Å². The number of rotatable bonds is 4. The van der Waals surface area contributed by atoms with E-state index in [9.17, 15) is 5.11 Å². The Morgan fingerprint density at radius 1 is 1.23 bits per heavy atom. The molecule has 4 rings (SSSR count). The molecule has 2 aliphatic carbocycles. The highest BCUT2D eigenvalue weighted by atomic mass is 16.3. The lowest BCUT2D eigenvalue weighted by atomic mass is 9.57. The van der Waals surface area contributed by atoms with Crippen LogP contribution in [-0.2, 0) is 11.8 Å². The number of aromatic hydroxyl groups is 1. The molecule has 0 radical (unpaired) electrons. The monoisotopic (exact) mass is 356 g/mol. The van der Waals surface area contributed by atoms with Gasteiger partial charge in [-0.05, 0) is 61.5 Å². The number of fused-ring (bicyclic) bond motifs is 4. The first kappa shape index (κ1) is 18.3. The zero-order chi connectivity index (χ0) is 18.3. The highest BCUT2D eigenvalue weighted by molar-refractivity contribution is 5.46. The molecule has 1 aliphatic heterocycles. The van der Waals surface area contributed by atoms with Gasteiger partial charge in [-0.3, -0.25) is 0 Å². The number of nitrogens with zero attached hydrogens (tertiary/aromatic N) is 1. The summed E-state index contributed by atoms with van der Waals surface area (Å²) in [6, 6.07) is 7.08. The molecule has 4 unspecified atom stereocenters. The zero-order valence-electron chi connectivity index (χ0n) is 16.8. The van der Waals surface area contributed by atoms with Gasteiger partial charge in [-0.15, -0.1) is 0 Å². The summed E-state index contributed by atoms with van der Waals surface area (Å²) in [5.74, 6) is 1.91. The number of phenolic OH excluding ortho intramolecular Hbond substituents is 1. The Hall–Kier alpha value is -1.06.